The van der Waals surface area contributed by atoms with Crippen molar-refractivity contribution in [3.8, 4) is 0 Å². The number of hydrogen-bond donors (Lipinski definition) is 1. The molecule has 6 heteroatoms. The highest BCUT2D eigenvalue weighted by molar-refractivity contribution is 6.14. The van der Waals surface area contributed by atoms with Crippen LogP contribution < -0.4 is 10.7 Å². The first-order chi connectivity index (χ1) is 7.24. The largest absolute Gasteiger partial charge is 0.329 e. The number of hydrazone groups is 1. The van der Waals surface area contributed by atoms with Crippen molar-refractivity contribution < 1.29 is 4.79 Å². The molecule has 0 fully saturated rings. The van der Waals surface area contributed by atoms with Gasteiger partial charge in [0.15, 0.2) is 0 Å². The Balaban J connectivity index is 2.31. The lowest BCUT2D eigenvalue weighted by Gasteiger charge is -2.10. The van der Waals surface area contributed by atoms with Gasteiger partial charge in [-0.1, -0.05) is 0 Å². The third-order valence-corrected chi connectivity index (χ3v) is 2.25. The van der Waals surface area contributed by atoms with Crippen LogP contribution in [0.25, 0.3) is 0 Å². The van der Waals surface area contributed by atoms with Crippen LogP contribution in [0.2, 0.25) is 0 Å². The molecule has 1 aromatic rings. The number of nitrogens with zero attached hydrogens (tertiary/aromatic N) is 4. The number of nitrogens with two attached hydrogens (primary N) is 1. The van der Waals surface area contributed by atoms with Crippen molar-refractivity contribution in [3.05, 3.63) is 18.5 Å². The molecule has 1 atom stereocenters. The monoisotopic (exact) mass is 205 g/mol. The Morgan fingerprint density at radius 3 is 2.67 bits per heavy atom. The van der Waals surface area contributed by atoms with Crippen LogP contribution in [0.15, 0.2) is 23.6 Å². The average Bonchev–Trinajstić information content (AvgIpc) is 2.55. The van der Waals surface area contributed by atoms with Crippen LogP contribution in [0.3, 0.4) is 0 Å². The van der Waals surface area contributed by atoms with Crippen molar-refractivity contribution in [1.82, 2.24) is 9.97 Å². The van der Waals surface area contributed by atoms with Crippen LogP contribution in [-0.4, -0.2) is 28.1 Å². The second kappa shape index (κ2) is 3.74. The number of anilines is 1. The smallest absolute Gasteiger partial charge is 0.260 e. The molecule has 1 amide bonds. The normalized spacial score (nSPS) is 20.7. The molecule has 0 bridgehead atoms. The van der Waals surface area contributed by atoms with E-state index in [-0.39, 0.29) is 24.3 Å². The summed E-state index contributed by atoms with van der Waals surface area (Å²) in [7, 11) is 0. The molecular formula is C9H11N5O. The summed E-state index contributed by atoms with van der Waals surface area (Å²) in [5.41, 5.74) is 6.19. The summed E-state index contributed by atoms with van der Waals surface area (Å²) in [6, 6.07) is 1.68. The van der Waals surface area contributed by atoms with E-state index < -0.39 is 0 Å². The molecule has 0 spiro atoms. The van der Waals surface area contributed by atoms with E-state index in [4.69, 9.17) is 5.73 Å². The topological polar surface area (TPSA) is 84.5 Å². The molecule has 2 heterocycles. The molecule has 1 unspecified atom stereocenters. The molecule has 1 aromatic heterocycles. The Hall–Kier alpha value is -1.82. The van der Waals surface area contributed by atoms with Gasteiger partial charge >= 0.3 is 0 Å². The van der Waals surface area contributed by atoms with Gasteiger partial charge in [-0.2, -0.15) is 10.1 Å². The molecule has 1 aliphatic rings. The quantitative estimate of drug-likeness (QED) is 0.723. The molecule has 2 rings (SSSR count). The summed E-state index contributed by atoms with van der Waals surface area (Å²) in [6.45, 7) is 2.04. The predicted octanol–water partition coefficient (Wildman–Crippen LogP) is -0.226. The Morgan fingerprint density at radius 2 is 2.13 bits per heavy atom. The lowest BCUT2D eigenvalue weighted by Crippen LogP contribution is -2.32. The standard InChI is InChI=1S/C9H11N5O/c1-6-7(5-10)8(15)14(13-6)9-11-3-2-4-12-9/h2-4,7H,5,10H2,1H3. The maximum Gasteiger partial charge on any atom is 0.260 e. The van der Waals surface area contributed by atoms with Crippen molar-refractivity contribution >= 4 is 17.6 Å². The van der Waals surface area contributed by atoms with Gasteiger partial charge in [-0.15, -0.1) is 0 Å². The van der Waals surface area contributed by atoms with Gasteiger partial charge in [0.05, 0.1) is 5.92 Å². The maximum absolute atomic E-state index is 11.8. The van der Waals surface area contributed by atoms with Gasteiger partial charge in [0.2, 0.25) is 0 Å². The van der Waals surface area contributed by atoms with Crippen LogP contribution in [0.4, 0.5) is 5.95 Å². The fourth-order valence-corrected chi connectivity index (χ4v) is 1.42. The van der Waals surface area contributed by atoms with Gasteiger partial charge in [-0.25, -0.2) is 9.97 Å². The van der Waals surface area contributed by atoms with E-state index >= 15 is 0 Å². The minimum atomic E-state index is -0.339. The van der Waals surface area contributed by atoms with Gasteiger partial charge < -0.3 is 5.73 Å². The third-order valence-electron chi connectivity index (χ3n) is 2.25. The summed E-state index contributed by atoms with van der Waals surface area (Å²) in [5.74, 6) is -0.215. The van der Waals surface area contributed by atoms with Crippen molar-refractivity contribution in [2.45, 2.75) is 6.92 Å². The highest BCUT2D eigenvalue weighted by Gasteiger charge is 2.34. The maximum atomic E-state index is 11.8. The van der Waals surface area contributed by atoms with Gasteiger partial charge in [-0.05, 0) is 13.0 Å². The minimum Gasteiger partial charge on any atom is -0.329 e. The highest BCUT2D eigenvalue weighted by Crippen LogP contribution is 2.18. The molecule has 15 heavy (non-hydrogen) atoms. The summed E-state index contributed by atoms with van der Waals surface area (Å²) in [5, 5.41) is 5.29. The lowest BCUT2D eigenvalue weighted by atomic mass is 10.1. The van der Waals surface area contributed by atoms with E-state index in [1.165, 1.54) is 5.01 Å². The summed E-state index contributed by atoms with van der Waals surface area (Å²) in [6.07, 6.45) is 3.13. The SMILES string of the molecule is CC1=NN(c2ncccn2)C(=O)C1CN. The van der Waals surface area contributed by atoms with Gasteiger partial charge in [0.1, 0.15) is 0 Å². The zero-order chi connectivity index (χ0) is 10.8. The molecule has 0 aromatic carbocycles. The van der Waals surface area contributed by atoms with E-state index in [0.29, 0.717) is 5.71 Å². The van der Waals surface area contributed by atoms with Crippen LogP contribution in [-0.2, 0) is 4.79 Å². The Kier molecular flexibility index (Phi) is 2.42. The first-order valence-corrected chi connectivity index (χ1v) is 4.60. The number of amides is 1. The van der Waals surface area contributed by atoms with Gasteiger partial charge in [0, 0.05) is 24.7 Å². The Labute approximate surface area is 86.8 Å². The zero-order valence-electron chi connectivity index (χ0n) is 8.29. The molecule has 0 aliphatic carbocycles. The lowest BCUT2D eigenvalue weighted by molar-refractivity contribution is -0.119. The van der Waals surface area contributed by atoms with E-state index in [9.17, 15) is 4.79 Å². The van der Waals surface area contributed by atoms with Crippen molar-refractivity contribution in [2.75, 3.05) is 11.6 Å². The summed E-state index contributed by atoms with van der Waals surface area (Å²) >= 11 is 0. The van der Waals surface area contributed by atoms with Crippen molar-refractivity contribution in [2.24, 2.45) is 16.8 Å². The van der Waals surface area contributed by atoms with E-state index in [2.05, 4.69) is 15.1 Å². The first kappa shape index (κ1) is 9.72. The number of carbonyl (C=O) groups is 1. The molecule has 0 radical (unpaired) electrons. The minimum absolute atomic E-state index is 0.166. The number of aromatic nitrogens is 2. The fourth-order valence-electron chi connectivity index (χ4n) is 1.42. The van der Waals surface area contributed by atoms with E-state index in [0.717, 1.165) is 0 Å². The molecular weight excluding hydrogens is 194 g/mol. The second-order valence-corrected chi connectivity index (χ2v) is 3.23. The molecule has 0 saturated heterocycles. The summed E-state index contributed by atoms with van der Waals surface area (Å²) < 4.78 is 0. The number of carbonyl (C=O) groups excluding carboxylic acids is 1. The Bertz CT molecular complexity index is 402. The van der Waals surface area contributed by atoms with Crippen LogP contribution in [0, 0.1) is 5.92 Å². The van der Waals surface area contributed by atoms with Crippen molar-refractivity contribution in [3.63, 3.8) is 0 Å². The number of rotatable bonds is 2. The second-order valence-electron chi connectivity index (χ2n) is 3.23. The molecule has 6 nitrogen and oxygen atoms in total. The van der Waals surface area contributed by atoms with Crippen LogP contribution >= 0.6 is 0 Å². The van der Waals surface area contributed by atoms with Crippen LogP contribution in [0.1, 0.15) is 6.92 Å². The molecule has 78 valence electrons. The Morgan fingerprint density at radius 1 is 1.47 bits per heavy atom. The van der Waals surface area contributed by atoms with Crippen molar-refractivity contribution in [1.29, 1.82) is 0 Å². The van der Waals surface area contributed by atoms with Gasteiger partial charge in [0.25, 0.3) is 11.9 Å². The number of hydrogen-bond acceptors (Lipinski definition) is 5. The third kappa shape index (κ3) is 1.59. The van der Waals surface area contributed by atoms with E-state index in [1.807, 2.05) is 0 Å². The van der Waals surface area contributed by atoms with Crippen LogP contribution in [0.5, 0.6) is 0 Å². The van der Waals surface area contributed by atoms with E-state index in [1.54, 1.807) is 25.4 Å². The first-order valence-electron chi connectivity index (χ1n) is 4.60. The average molecular weight is 205 g/mol. The summed E-state index contributed by atoms with van der Waals surface area (Å²) in [4.78, 5) is 19.7. The zero-order valence-corrected chi connectivity index (χ0v) is 8.29. The van der Waals surface area contributed by atoms with Gasteiger partial charge in [-0.3, -0.25) is 4.79 Å². The molecule has 2 N–H and O–H groups in total. The molecule has 1 aliphatic heterocycles. The fraction of sp³-hybridized carbons (Fsp3) is 0.333. The molecule has 0 saturated carbocycles. The highest BCUT2D eigenvalue weighted by atomic mass is 16.2. The predicted molar refractivity (Wildman–Crippen MR) is 55.2 cm³/mol.